The third kappa shape index (κ3) is 6.47. The molecule has 1 N–H and O–H groups in total. The van der Waals surface area contributed by atoms with Crippen LogP contribution in [0.2, 0.25) is 0 Å². The van der Waals surface area contributed by atoms with Gasteiger partial charge in [-0.05, 0) is 72.8 Å². The fraction of sp³-hybridized carbons (Fsp3) is 0.115. The average molecular weight is 584 g/mol. The number of aryl methyl sites for hydroxylation is 1. The molecule has 1 heterocycles. The maximum Gasteiger partial charge on any atom is 0.339 e. The topological polar surface area (TPSA) is 162 Å². The lowest BCUT2D eigenvalue weighted by Gasteiger charge is -2.12. The number of hydrogen-bond acceptors (Lipinski definition) is 10. The second-order valence-corrected chi connectivity index (χ2v) is 10.9. The Morgan fingerprint density at radius 2 is 1.70 bits per heavy atom. The van der Waals surface area contributed by atoms with Gasteiger partial charge in [-0.15, -0.1) is 0 Å². The van der Waals surface area contributed by atoms with Crippen molar-refractivity contribution < 1.29 is 36.6 Å². The molecule has 0 saturated carbocycles. The number of imide groups is 1. The molecule has 0 radical (unpaired) electrons. The molecule has 0 atom stereocenters. The Morgan fingerprint density at radius 1 is 1.05 bits per heavy atom. The van der Waals surface area contributed by atoms with E-state index in [0.29, 0.717) is 34.3 Å². The summed E-state index contributed by atoms with van der Waals surface area (Å²) >= 11 is 0.666. The second-order valence-electron chi connectivity index (χ2n) is 8.36. The summed E-state index contributed by atoms with van der Waals surface area (Å²) in [6.07, 6.45) is 1.42. The molecule has 0 bridgehead atoms. The molecule has 3 aromatic rings. The lowest BCUT2D eigenvalue weighted by atomic mass is 10.2. The summed E-state index contributed by atoms with van der Waals surface area (Å²) in [4.78, 5) is 48.5. The molecular formula is C26H21N3O9S2. The molecule has 4 rings (SSSR count). The van der Waals surface area contributed by atoms with E-state index in [0.717, 1.165) is 11.0 Å². The predicted molar refractivity (Wildman–Crippen MR) is 146 cm³/mol. The number of methoxy groups -OCH3 is 1. The van der Waals surface area contributed by atoms with Crippen molar-refractivity contribution in [2.24, 2.45) is 0 Å². The number of amides is 3. The number of anilines is 1. The van der Waals surface area contributed by atoms with E-state index in [9.17, 15) is 32.9 Å². The van der Waals surface area contributed by atoms with Gasteiger partial charge in [0.1, 0.15) is 22.9 Å². The number of nitrogens with zero attached hydrogens (tertiary/aromatic N) is 2. The van der Waals surface area contributed by atoms with Crippen LogP contribution in [0, 0.1) is 17.0 Å². The third-order valence-electron chi connectivity index (χ3n) is 5.60. The molecule has 0 aliphatic carbocycles. The van der Waals surface area contributed by atoms with Crippen LogP contribution >= 0.6 is 11.8 Å². The number of carbonyl (C=O) groups is 3. The molecule has 3 aromatic carbocycles. The Labute approximate surface area is 232 Å². The summed E-state index contributed by atoms with van der Waals surface area (Å²) in [6, 6.07) is 15.6. The zero-order chi connectivity index (χ0) is 29.0. The average Bonchev–Trinajstić information content (AvgIpc) is 3.17. The molecule has 1 saturated heterocycles. The molecule has 40 heavy (non-hydrogen) atoms. The van der Waals surface area contributed by atoms with Gasteiger partial charge in [-0.1, -0.05) is 18.2 Å². The minimum absolute atomic E-state index is 0.0660. The molecule has 0 unspecified atom stereocenters. The minimum atomic E-state index is -4.36. The fourth-order valence-electron chi connectivity index (χ4n) is 3.54. The Kier molecular flexibility index (Phi) is 8.21. The third-order valence-corrected chi connectivity index (χ3v) is 7.75. The summed E-state index contributed by atoms with van der Waals surface area (Å²) in [5, 5.41) is 13.1. The monoisotopic (exact) mass is 583 g/mol. The molecule has 12 nitrogen and oxygen atoms in total. The highest BCUT2D eigenvalue weighted by molar-refractivity contribution is 8.18. The normalized spacial score (nSPS) is 14.3. The highest BCUT2D eigenvalue weighted by Gasteiger charge is 2.36. The molecule has 14 heteroatoms. The van der Waals surface area contributed by atoms with Crippen LogP contribution in [-0.2, 0) is 19.7 Å². The fourth-order valence-corrected chi connectivity index (χ4v) is 5.33. The van der Waals surface area contributed by atoms with Gasteiger partial charge >= 0.3 is 10.1 Å². The van der Waals surface area contributed by atoms with Crippen LogP contribution < -0.4 is 14.2 Å². The van der Waals surface area contributed by atoms with Gasteiger partial charge in [-0.25, -0.2) is 0 Å². The van der Waals surface area contributed by atoms with Gasteiger partial charge in [-0.2, -0.15) is 8.42 Å². The predicted octanol–water partition coefficient (Wildman–Crippen LogP) is 4.35. The highest BCUT2D eigenvalue weighted by Crippen LogP contribution is 2.33. The number of nitro groups is 1. The van der Waals surface area contributed by atoms with Crippen LogP contribution in [0.3, 0.4) is 0 Å². The molecule has 0 aromatic heterocycles. The zero-order valence-corrected chi connectivity index (χ0v) is 22.7. The summed E-state index contributed by atoms with van der Waals surface area (Å²) in [6.45, 7) is 1.01. The maximum absolute atomic E-state index is 12.8. The first-order chi connectivity index (χ1) is 19.0. The summed E-state index contributed by atoms with van der Waals surface area (Å²) in [5.41, 5.74) is 0.880. The molecule has 0 spiro atoms. The van der Waals surface area contributed by atoms with Crippen LogP contribution in [0.1, 0.15) is 11.1 Å². The van der Waals surface area contributed by atoms with E-state index in [4.69, 9.17) is 8.92 Å². The molecule has 1 fully saturated rings. The van der Waals surface area contributed by atoms with Crippen molar-refractivity contribution >= 4 is 56.4 Å². The Morgan fingerprint density at radius 3 is 2.33 bits per heavy atom. The van der Waals surface area contributed by atoms with Gasteiger partial charge in [0, 0.05) is 17.3 Å². The Bertz CT molecular complexity index is 1630. The lowest BCUT2D eigenvalue weighted by molar-refractivity contribution is -0.385. The van der Waals surface area contributed by atoms with Crippen LogP contribution in [0.25, 0.3) is 6.08 Å². The van der Waals surface area contributed by atoms with E-state index < -0.39 is 38.6 Å². The summed E-state index contributed by atoms with van der Waals surface area (Å²) in [7, 11) is -2.84. The number of nitro benzene ring substituents is 1. The number of ether oxygens (including phenoxy) is 1. The molecule has 3 amide bonds. The van der Waals surface area contributed by atoms with Crippen molar-refractivity contribution in [1.82, 2.24) is 4.90 Å². The van der Waals surface area contributed by atoms with Gasteiger partial charge in [0.25, 0.3) is 16.8 Å². The molecule has 1 aliphatic heterocycles. The number of carbonyl (C=O) groups excluding carboxylic acids is 3. The van der Waals surface area contributed by atoms with E-state index in [1.165, 1.54) is 56.5 Å². The quantitative estimate of drug-likeness (QED) is 0.166. The first kappa shape index (κ1) is 28.3. The van der Waals surface area contributed by atoms with E-state index in [1.807, 2.05) is 0 Å². The number of nitrogens with one attached hydrogen (secondary N) is 1. The van der Waals surface area contributed by atoms with E-state index >= 15 is 0 Å². The van der Waals surface area contributed by atoms with E-state index in [-0.39, 0.29) is 21.2 Å². The standard InChI is InChI=1S/C26H21N3O9S2/c1-16-3-12-21(14-22(16)29(33)34)40(35,36)38-20-8-4-17(5-9-20)13-23-25(31)28(26(32)39-23)15-24(30)27-18-6-10-19(37-2)11-7-18/h3-14H,15H2,1-2H3,(H,27,30)/b23-13-. The van der Waals surface area contributed by atoms with Crippen molar-refractivity contribution in [2.75, 3.05) is 19.0 Å². The molecular weight excluding hydrogens is 562 g/mol. The SMILES string of the molecule is COc1ccc(NC(=O)CN2C(=O)S/C(=C\c3ccc(OS(=O)(=O)c4ccc(C)c([N+](=O)[O-])c4)cc3)C2=O)cc1. The highest BCUT2D eigenvalue weighted by atomic mass is 32.2. The number of benzene rings is 3. The lowest BCUT2D eigenvalue weighted by Crippen LogP contribution is -2.36. The smallest absolute Gasteiger partial charge is 0.339 e. The largest absolute Gasteiger partial charge is 0.497 e. The number of rotatable bonds is 9. The van der Waals surface area contributed by atoms with Gasteiger partial charge < -0.3 is 14.2 Å². The van der Waals surface area contributed by atoms with Crippen molar-refractivity contribution in [1.29, 1.82) is 0 Å². The van der Waals surface area contributed by atoms with Crippen LogP contribution in [-0.4, -0.2) is 48.9 Å². The van der Waals surface area contributed by atoms with Crippen molar-refractivity contribution in [2.45, 2.75) is 11.8 Å². The first-order valence-electron chi connectivity index (χ1n) is 11.5. The van der Waals surface area contributed by atoms with E-state index in [1.54, 1.807) is 24.3 Å². The van der Waals surface area contributed by atoms with Gasteiger partial charge in [-0.3, -0.25) is 29.4 Å². The maximum atomic E-state index is 12.8. The Hall–Kier alpha value is -4.69. The van der Waals surface area contributed by atoms with Crippen LogP contribution in [0.4, 0.5) is 16.2 Å². The minimum Gasteiger partial charge on any atom is -0.497 e. The number of hydrogen-bond donors (Lipinski definition) is 1. The van der Waals surface area contributed by atoms with Gasteiger partial charge in [0.15, 0.2) is 0 Å². The van der Waals surface area contributed by atoms with E-state index in [2.05, 4.69) is 5.32 Å². The summed E-state index contributed by atoms with van der Waals surface area (Å²) in [5.74, 6) is -0.671. The second kappa shape index (κ2) is 11.6. The van der Waals surface area contributed by atoms with Crippen molar-refractivity contribution in [3.63, 3.8) is 0 Å². The molecule has 206 valence electrons. The Balaban J connectivity index is 1.41. The van der Waals surface area contributed by atoms with Crippen LogP contribution in [0.5, 0.6) is 11.5 Å². The zero-order valence-electron chi connectivity index (χ0n) is 21.0. The molecule has 1 aliphatic rings. The first-order valence-corrected chi connectivity index (χ1v) is 13.7. The van der Waals surface area contributed by atoms with Gasteiger partial charge in [0.05, 0.1) is 16.9 Å². The van der Waals surface area contributed by atoms with Crippen molar-refractivity contribution in [3.8, 4) is 11.5 Å². The van der Waals surface area contributed by atoms with Crippen LogP contribution in [0.15, 0.2) is 76.5 Å². The van der Waals surface area contributed by atoms with Gasteiger partial charge in [0.2, 0.25) is 5.91 Å². The number of thioether (sulfide) groups is 1. The van der Waals surface area contributed by atoms with Crippen molar-refractivity contribution in [3.05, 3.63) is 92.9 Å². The summed E-state index contributed by atoms with van der Waals surface area (Å²) < 4.78 is 35.4.